The van der Waals surface area contributed by atoms with E-state index in [1.165, 1.54) is 14.0 Å². The van der Waals surface area contributed by atoms with Crippen molar-refractivity contribution in [3.63, 3.8) is 0 Å². The molecule has 2 unspecified atom stereocenters. The number of ether oxygens (including phenoxy) is 1. The molecule has 0 N–H and O–H groups in total. The molecule has 102 valence electrons. The lowest BCUT2D eigenvalue weighted by Gasteiger charge is -2.22. The highest BCUT2D eigenvalue weighted by molar-refractivity contribution is 9.10. The minimum atomic E-state index is -1.37. The SMILES string of the molecule is COC(=O)C1(C)ON=C(c2cc(F)cc(F)c2)C1Br. The van der Waals surface area contributed by atoms with Crippen molar-refractivity contribution in [2.75, 3.05) is 7.11 Å². The maximum atomic E-state index is 13.2. The Morgan fingerprint density at radius 2 is 2.00 bits per heavy atom. The average molecular weight is 334 g/mol. The van der Waals surface area contributed by atoms with Crippen LogP contribution in [0, 0.1) is 11.6 Å². The van der Waals surface area contributed by atoms with Gasteiger partial charge in [-0.1, -0.05) is 21.1 Å². The summed E-state index contributed by atoms with van der Waals surface area (Å²) in [6, 6.07) is 2.98. The van der Waals surface area contributed by atoms with Crippen LogP contribution in [0.5, 0.6) is 0 Å². The fourth-order valence-electron chi connectivity index (χ4n) is 1.74. The Bertz CT molecular complexity index is 544. The summed E-state index contributed by atoms with van der Waals surface area (Å²) < 4.78 is 31.0. The highest BCUT2D eigenvalue weighted by atomic mass is 79.9. The van der Waals surface area contributed by atoms with Crippen molar-refractivity contribution in [2.24, 2.45) is 5.16 Å². The van der Waals surface area contributed by atoms with Gasteiger partial charge in [0.25, 0.3) is 0 Å². The topological polar surface area (TPSA) is 47.9 Å². The number of methoxy groups -OCH3 is 1. The van der Waals surface area contributed by atoms with E-state index in [2.05, 4.69) is 25.8 Å². The number of nitrogens with zero attached hydrogens (tertiary/aromatic N) is 1. The van der Waals surface area contributed by atoms with E-state index in [4.69, 9.17) is 4.84 Å². The second-order valence-corrected chi connectivity index (χ2v) is 5.10. The molecule has 0 spiro atoms. The van der Waals surface area contributed by atoms with Crippen LogP contribution in [0.1, 0.15) is 12.5 Å². The Morgan fingerprint density at radius 1 is 1.42 bits per heavy atom. The molecule has 1 heterocycles. The van der Waals surface area contributed by atoms with Gasteiger partial charge in [0.1, 0.15) is 22.2 Å². The zero-order valence-electron chi connectivity index (χ0n) is 10.1. The summed E-state index contributed by atoms with van der Waals surface area (Å²) in [4.78, 5) is 16.1. The highest BCUT2D eigenvalue weighted by Crippen LogP contribution is 2.33. The molecule has 2 atom stereocenters. The van der Waals surface area contributed by atoms with Crippen LogP contribution in [-0.4, -0.2) is 29.2 Å². The summed E-state index contributed by atoms with van der Waals surface area (Å²) in [5.41, 5.74) is -0.939. The van der Waals surface area contributed by atoms with E-state index in [-0.39, 0.29) is 11.3 Å². The molecule has 1 aromatic carbocycles. The monoisotopic (exact) mass is 333 g/mol. The molecule has 7 heteroatoms. The predicted octanol–water partition coefficient (Wildman–Crippen LogP) is 2.39. The summed E-state index contributed by atoms with van der Waals surface area (Å²) in [5, 5.41) is 3.73. The van der Waals surface area contributed by atoms with Crippen molar-refractivity contribution in [1.29, 1.82) is 0 Å². The Hall–Kier alpha value is -1.50. The van der Waals surface area contributed by atoms with E-state index >= 15 is 0 Å². The zero-order valence-corrected chi connectivity index (χ0v) is 11.7. The largest absolute Gasteiger partial charge is 0.466 e. The smallest absolute Gasteiger partial charge is 0.354 e. The minimum absolute atomic E-state index is 0.201. The first-order chi connectivity index (χ1) is 8.88. The van der Waals surface area contributed by atoms with Crippen LogP contribution in [0.2, 0.25) is 0 Å². The van der Waals surface area contributed by atoms with Crippen LogP contribution in [0.3, 0.4) is 0 Å². The molecule has 1 aromatic rings. The second-order valence-electron chi connectivity index (χ2n) is 4.19. The van der Waals surface area contributed by atoms with Crippen LogP contribution in [0.4, 0.5) is 8.78 Å². The van der Waals surface area contributed by atoms with Gasteiger partial charge in [-0.3, -0.25) is 0 Å². The van der Waals surface area contributed by atoms with Crippen LogP contribution in [-0.2, 0) is 14.4 Å². The number of benzene rings is 1. The third-order valence-corrected chi connectivity index (χ3v) is 4.11. The van der Waals surface area contributed by atoms with Gasteiger partial charge >= 0.3 is 5.97 Å². The van der Waals surface area contributed by atoms with Gasteiger partial charge in [0.05, 0.1) is 7.11 Å². The Morgan fingerprint density at radius 3 is 2.53 bits per heavy atom. The zero-order chi connectivity index (χ0) is 14.2. The summed E-state index contributed by atoms with van der Waals surface area (Å²) in [6.45, 7) is 1.48. The summed E-state index contributed by atoms with van der Waals surface area (Å²) in [5.74, 6) is -2.10. The molecule has 1 aliphatic heterocycles. The third kappa shape index (κ3) is 2.34. The summed E-state index contributed by atoms with van der Waals surface area (Å²) in [7, 11) is 1.22. The normalized spacial score (nSPS) is 25.7. The molecule has 4 nitrogen and oxygen atoms in total. The second kappa shape index (κ2) is 4.88. The van der Waals surface area contributed by atoms with E-state index in [0.717, 1.165) is 18.2 Å². The van der Waals surface area contributed by atoms with Crippen molar-refractivity contribution < 1.29 is 23.1 Å². The van der Waals surface area contributed by atoms with Gasteiger partial charge in [-0.15, -0.1) is 0 Å². The van der Waals surface area contributed by atoms with Crippen molar-refractivity contribution in [2.45, 2.75) is 17.4 Å². The molecule has 0 amide bonds. The first-order valence-electron chi connectivity index (χ1n) is 5.33. The molecule has 19 heavy (non-hydrogen) atoms. The fourth-order valence-corrected chi connectivity index (χ4v) is 2.36. The molecule has 2 rings (SSSR count). The molecule has 0 radical (unpaired) electrons. The highest BCUT2D eigenvalue weighted by Gasteiger charge is 2.51. The fraction of sp³-hybridized carbons (Fsp3) is 0.333. The number of carbonyl (C=O) groups excluding carboxylic acids is 1. The van der Waals surface area contributed by atoms with Crippen LogP contribution >= 0.6 is 15.9 Å². The number of rotatable bonds is 2. The number of hydrogen-bond donors (Lipinski definition) is 0. The van der Waals surface area contributed by atoms with Crippen molar-refractivity contribution in [3.8, 4) is 0 Å². The van der Waals surface area contributed by atoms with Crippen molar-refractivity contribution in [1.82, 2.24) is 0 Å². The first kappa shape index (κ1) is 13.9. The predicted molar refractivity (Wildman–Crippen MR) is 67.1 cm³/mol. The van der Waals surface area contributed by atoms with Crippen molar-refractivity contribution in [3.05, 3.63) is 35.4 Å². The minimum Gasteiger partial charge on any atom is -0.466 e. The van der Waals surface area contributed by atoms with Crippen molar-refractivity contribution >= 4 is 27.6 Å². The van der Waals surface area contributed by atoms with E-state index in [0.29, 0.717) is 0 Å². The van der Waals surface area contributed by atoms with Crippen LogP contribution in [0.15, 0.2) is 23.4 Å². The third-order valence-electron chi connectivity index (χ3n) is 2.81. The number of halogens is 3. The number of carbonyl (C=O) groups is 1. The molecule has 0 fully saturated rings. The molecule has 0 aliphatic carbocycles. The van der Waals surface area contributed by atoms with Gasteiger partial charge < -0.3 is 9.57 Å². The lowest BCUT2D eigenvalue weighted by atomic mass is 9.96. The first-order valence-corrected chi connectivity index (χ1v) is 6.25. The maximum Gasteiger partial charge on any atom is 0.354 e. The van der Waals surface area contributed by atoms with E-state index in [1.807, 2.05) is 0 Å². The van der Waals surface area contributed by atoms with Gasteiger partial charge in [-0.2, -0.15) is 0 Å². The Balaban J connectivity index is 2.36. The number of esters is 1. The van der Waals surface area contributed by atoms with Gasteiger partial charge in [0.15, 0.2) is 0 Å². The van der Waals surface area contributed by atoms with Gasteiger partial charge in [-0.05, 0) is 19.1 Å². The lowest BCUT2D eigenvalue weighted by Crippen LogP contribution is -2.45. The Labute approximate surface area is 116 Å². The van der Waals surface area contributed by atoms with E-state index in [1.54, 1.807) is 0 Å². The number of alkyl halides is 1. The standard InChI is InChI=1S/C12H10BrF2NO3/c1-12(11(17)18-2)10(13)9(16-19-12)6-3-7(14)5-8(15)4-6/h3-5,10H,1-2H3. The quantitative estimate of drug-likeness (QED) is 0.616. The molecular formula is C12H10BrF2NO3. The van der Waals surface area contributed by atoms with Crippen LogP contribution in [0.25, 0.3) is 0 Å². The lowest BCUT2D eigenvalue weighted by molar-refractivity contribution is -0.163. The van der Waals surface area contributed by atoms with Gasteiger partial charge in [0, 0.05) is 11.6 Å². The van der Waals surface area contributed by atoms with Crippen LogP contribution < -0.4 is 0 Å². The molecule has 1 aliphatic rings. The maximum absolute atomic E-state index is 13.2. The molecule has 0 saturated heterocycles. The number of hydrogen-bond acceptors (Lipinski definition) is 4. The Kier molecular flexibility index (Phi) is 3.58. The van der Waals surface area contributed by atoms with Gasteiger partial charge in [-0.25, -0.2) is 13.6 Å². The van der Waals surface area contributed by atoms with E-state index < -0.39 is 28.0 Å². The molecule has 0 bridgehead atoms. The molecule has 0 saturated carbocycles. The van der Waals surface area contributed by atoms with E-state index in [9.17, 15) is 13.6 Å². The summed E-state index contributed by atoms with van der Waals surface area (Å²) >= 11 is 3.25. The average Bonchev–Trinajstić information content (AvgIpc) is 2.65. The summed E-state index contributed by atoms with van der Waals surface area (Å²) in [6.07, 6.45) is 0. The van der Waals surface area contributed by atoms with Gasteiger partial charge in [0.2, 0.25) is 5.60 Å². The molecular weight excluding hydrogens is 324 g/mol. The molecule has 0 aromatic heterocycles. The number of oxime groups is 1.